The van der Waals surface area contributed by atoms with E-state index in [-0.39, 0.29) is 13.1 Å². The zero-order chi connectivity index (χ0) is 20.5. The van der Waals surface area contributed by atoms with Gasteiger partial charge in [0.15, 0.2) is 0 Å². The predicted octanol–water partition coefficient (Wildman–Crippen LogP) is 7.39. The molecule has 0 radical (unpaired) electrons. The quantitative estimate of drug-likeness (QED) is 0.297. The zero-order valence-corrected chi connectivity index (χ0v) is 18.8. The second-order valence-corrected chi connectivity index (χ2v) is 8.21. The molecule has 0 saturated heterocycles. The first-order valence-corrected chi connectivity index (χ1v) is 11.6. The third kappa shape index (κ3) is 6.96. The Kier molecular flexibility index (Phi) is 9.00. The molecule has 3 rings (SSSR count). The van der Waals surface area contributed by atoms with Crippen molar-refractivity contribution in [2.24, 2.45) is 9.98 Å². The zero-order valence-electron chi connectivity index (χ0n) is 16.2. The number of hydrogen-bond acceptors (Lipinski definition) is 3. The molecule has 3 aromatic rings. The molecule has 0 aliphatic heterocycles. The van der Waals surface area contributed by atoms with Crippen LogP contribution in [-0.4, -0.2) is 12.4 Å². The van der Waals surface area contributed by atoms with E-state index in [0.717, 1.165) is 22.5 Å². The standard InChI is InChI=1S/C22H22N2O.2ClH.Fe/c1-15-5-7-17(3)21(11-15)23-13-19-9-10-20(25-19)14-24-22-12-16(2)6-8-18(22)4;;;/h5-14H,1-4H3;2*1H;/q;;;+2/p-2. The molecule has 6 heteroatoms. The van der Waals surface area contributed by atoms with Crippen molar-refractivity contribution in [3.05, 3.63) is 82.3 Å². The van der Waals surface area contributed by atoms with Gasteiger partial charge in [0, 0.05) is 0 Å². The van der Waals surface area contributed by atoms with Gasteiger partial charge < -0.3 is 4.42 Å². The fourth-order valence-electron chi connectivity index (χ4n) is 2.49. The van der Waals surface area contributed by atoms with Crippen molar-refractivity contribution in [1.29, 1.82) is 0 Å². The van der Waals surface area contributed by atoms with E-state index >= 15 is 0 Å². The number of aliphatic imine (C=N–C) groups is 2. The van der Waals surface area contributed by atoms with Crippen molar-refractivity contribution in [2.75, 3.05) is 0 Å². The fraction of sp³-hybridized carbons (Fsp3) is 0.182. The monoisotopic (exact) mass is 456 g/mol. The van der Waals surface area contributed by atoms with E-state index in [1.54, 1.807) is 12.4 Å². The average Bonchev–Trinajstić information content (AvgIpc) is 3.12. The molecule has 0 fully saturated rings. The first kappa shape index (κ1) is 22.4. The normalized spacial score (nSPS) is 11.2. The molecule has 3 nitrogen and oxygen atoms in total. The average molecular weight is 457 g/mol. The number of furan rings is 1. The molecular formula is C22H22Cl2FeN2O. The minimum absolute atomic E-state index is 0.194. The topological polar surface area (TPSA) is 37.9 Å². The van der Waals surface area contributed by atoms with Gasteiger partial charge in [0.25, 0.3) is 0 Å². The van der Waals surface area contributed by atoms with Crippen molar-refractivity contribution >= 4 is 44.0 Å². The number of nitrogens with zero attached hydrogens (tertiary/aromatic N) is 2. The number of aryl methyl sites for hydroxylation is 4. The van der Waals surface area contributed by atoms with Gasteiger partial charge in [-0.05, 0) is 74.2 Å². The third-order valence-electron chi connectivity index (χ3n) is 4.04. The van der Waals surface area contributed by atoms with Crippen LogP contribution in [0.2, 0.25) is 0 Å². The second kappa shape index (κ2) is 11.2. The fourth-order valence-corrected chi connectivity index (χ4v) is 2.49. The van der Waals surface area contributed by atoms with Gasteiger partial charge >= 0.3 is 33.3 Å². The molecule has 0 saturated carbocycles. The van der Waals surface area contributed by atoms with E-state index in [1.807, 2.05) is 12.1 Å². The molecule has 0 bridgehead atoms. The first-order chi connectivity index (χ1) is 13.4. The van der Waals surface area contributed by atoms with Crippen LogP contribution in [0, 0.1) is 27.7 Å². The molecule has 0 spiro atoms. The SMILES string of the molecule is Cc1ccc(C)c(N=Cc2ccc(C=Nc3cc(C)ccc3C)o2)c1.[Cl][Fe][Cl]. The molecule has 1 heterocycles. The van der Waals surface area contributed by atoms with Crippen LogP contribution in [0.25, 0.3) is 0 Å². The van der Waals surface area contributed by atoms with Crippen molar-refractivity contribution in [3.63, 3.8) is 0 Å². The van der Waals surface area contributed by atoms with Gasteiger partial charge in [0.2, 0.25) is 0 Å². The van der Waals surface area contributed by atoms with Crippen LogP contribution in [-0.2, 0) is 13.1 Å². The van der Waals surface area contributed by atoms with Gasteiger partial charge in [-0.25, -0.2) is 0 Å². The Morgan fingerprint density at radius 1 is 0.714 bits per heavy atom. The molecule has 148 valence electrons. The summed E-state index contributed by atoms with van der Waals surface area (Å²) < 4.78 is 5.77. The summed E-state index contributed by atoms with van der Waals surface area (Å²) in [6, 6.07) is 16.3. The van der Waals surface area contributed by atoms with Crippen molar-refractivity contribution < 1.29 is 17.6 Å². The molecule has 0 unspecified atom stereocenters. The van der Waals surface area contributed by atoms with Gasteiger partial charge in [-0.2, -0.15) is 0 Å². The Hall–Kier alpha value is -1.84. The summed E-state index contributed by atoms with van der Waals surface area (Å²) in [6.07, 6.45) is 3.49. The van der Waals surface area contributed by atoms with Gasteiger partial charge in [0.05, 0.1) is 23.8 Å². The molecule has 0 aliphatic rings. The van der Waals surface area contributed by atoms with Crippen LogP contribution < -0.4 is 0 Å². The number of rotatable bonds is 4. The maximum atomic E-state index is 5.77. The number of benzene rings is 2. The first-order valence-electron chi connectivity index (χ1n) is 8.60. The molecule has 0 aliphatic carbocycles. The molecule has 2 aromatic carbocycles. The van der Waals surface area contributed by atoms with E-state index in [0.29, 0.717) is 11.5 Å². The summed E-state index contributed by atoms with van der Waals surface area (Å²) in [7, 11) is 9.53. The molecule has 0 amide bonds. The molecule has 28 heavy (non-hydrogen) atoms. The van der Waals surface area contributed by atoms with E-state index < -0.39 is 0 Å². The molecular weight excluding hydrogens is 435 g/mol. The van der Waals surface area contributed by atoms with Crippen LogP contribution in [0.4, 0.5) is 11.4 Å². The predicted molar refractivity (Wildman–Crippen MR) is 117 cm³/mol. The van der Waals surface area contributed by atoms with Crippen molar-refractivity contribution in [3.8, 4) is 0 Å². The van der Waals surface area contributed by atoms with Crippen LogP contribution in [0.15, 0.2) is 62.9 Å². The summed E-state index contributed by atoms with van der Waals surface area (Å²) in [6.45, 7) is 8.23. The van der Waals surface area contributed by atoms with Gasteiger partial charge in [-0.15, -0.1) is 0 Å². The maximum absolute atomic E-state index is 5.77. The van der Waals surface area contributed by atoms with E-state index in [4.69, 9.17) is 24.6 Å². The molecule has 0 atom stereocenters. The molecule has 0 N–H and O–H groups in total. The summed E-state index contributed by atoms with van der Waals surface area (Å²) in [5.41, 5.74) is 6.59. The van der Waals surface area contributed by atoms with Crippen LogP contribution in [0.5, 0.6) is 0 Å². The van der Waals surface area contributed by atoms with Gasteiger partial charge in [-0.3, -0.25) is 9.98 Å². The summed E-state index contributed by atoms with van der Waals surface area (Å²) >= 11 is 0.194. The van der Waals surface area contributed by atoms with Gasteiger partial charge in [0.1, 0.15) is 11.5 Å². The Labute approximate surface area is 181 Å². The Morgan fingerprint density at radius 2 is 1.11 bits per heavy atom. The summed E-state index contributed by atoms with van der Waals surface area (Å²) in [5, 5.41) is 0. The minimum atomic E-state index is 0.194. The van der Waals surface area contributed by atoms with E-state index in [9.17, 15) is 0 Å². The Balaban J connectivity index is 0.000000878. The summed E-state index contributed by atoms with van der Waals surface area (Å²) in [5.74, 6) is 1.42. The van der Waals surface area contributed by atoms with E-state index in [1.165, 1.54) is 11.1 Å². The Bertz CT molecular complexity index is 904. The second-order valence-electron chi connectivity index (χ2n) is 6.39. The van der Waals surface area contributed by atoms with Crippen LogP contribution in [0.3, 0.4) is 0 Å². The van der Waals surface area contributed by atoms with Gasteiger partial charge in [-0.1, -0.05) is 24.3 Å². The van der Waals surface area contributed by atoms with Crippen LogP contribution >= 0.6 is 20.2 Å². The Morgan fingerprint density at radius 3 is 1.50 bits per heavy atom. The third-order valence-corrected chi connectivity index (χ3v) is 4.04. The van der Waals surface area contributed by atoms with E-state index in [2.05, 4.69) is 74.1 Å². The van der Waals surface area contributed by atoms with Crippen molar-refractivity contribution in [1.82, 2.24) is 0 Å². The van der Waals surface area contributed by atoms with Crippen LogP contribution in [0.1, 0.15) is 33.8 Å². The number of halogens is 2. The number of hydrogen-bond donors (Lipinski definition) is 0. The molecule has 1 aromatic heterocycles. The van der Waals surface area contributed by atoms with Crippen molar-refractivity contribution in [2.45, 2.75) is 27.7 Å². The summed E-state index contributed by atoms with van der Waals surface area (Å²) in [4.78, 5) is 9.06.